The second kappa shape index (κ2) is 8.15. The van der Waals surface area contributed by atoms with E-state index in [9.17, 15) is 4.79 Å². The van der Waals surface area contributed by atoms with Gasteiger partial charge in [-0.05, 0) is 17.4 Å². The van der Waals surface area contributed by atoms with Crippen molar-refractivity contribution in [2.45, 2.75) is 45.8 Å². The maximum Gasteiger partial charge on any atom is 0.223 e. The van der Waals surface area contributed by atoms with E-state index in [1.165, 1.54) is 0 Å². The summed E-state index contributed by atoms with van der Waals surface area (Å²) < 4.78 is 5.17. The summed E-state index contributed by atoms with van der Waals surface area (Å²) in [7, 11) is 1.58. The summed E-state index contributed by atoms with van der Waals surface area (Å²) in [5, 5.41) is 3.11. The number of ether oxygens (including phenoxy) is 1. The van der Waals surface area contributed by atoms with E-state index in [0.717, 1.165) is 12.0 Å². The number of carbonyl (C=O) groups excluding carboxylic acids is 1. The first-order chi connectivity index (χ1) is 9.85. The lowest BCUT2D eigenvalue weighted by Gasteiger charge is -2.27. The molecule has 0 heterocycles. The van der Waals surface area contributed by atoms with Crippen LogP contribution in [0, 0.1) is 5.41 Å². The molecule has 0 spiro atoms. The molecular weight excluding hydrogens is 264 g/mol. The standard InChI is InChI=1S/C17H28N2O2/c1-17(2,3)11-15(13-8-6-5-7-9-13)19-16(20)10-14(12-18)21-4/h5-9,14-15H,10-12,18H2,1-4H3,(H,19,20). The van der Waals surface area contributed by atoms with Crippen molar-refractivity contribution in [1.29, 1.82) is 0 Å². The van der Waals surface area contributed by atoms with Crippen molar-refractivity contribution in [1.82, 2.24) is 5.32 Å². The molecule has 3 N–H and O–H groups in total. The number of methoxy groups -OCH3 is 1. The summed E-state index contributed by atoms with van der Waals surface area (Å²) in [5.41, 5.74) is 6.82. The lowest BCUT2D eigenvalue weighted by atomic mass is 9.85. The van der Waals surface area contributed by atoms with Crippen LogP contribution in [-0.2, 0) is 9.53 Å². The van der Waals surface area contributed by atoms with Crippen molar-refractivity contribution < 1.29 is 9.53 Å². The Balaban J connectivity index is 2.76. The Kier molecular flexibility index (Phi) is 6.85. The molecule has 1 rings (SSSR count). The van der Waals surface area contributed by atoms with Crippen LogP contribution in [0.5, 0.6) is 0 Å². The maximum atomic E-state index is 12.2. The SMILES string of the molecule is COC(CN)CC(=O)NC(CC(C)(C)C)c1ccccc1. The fourth-order valence-corrected chi connectivity index (χ4v) is 2.27. The van der Waals surface area contributed by atoms with E-state index in [0.29, 0.717) is 13.0 Å². The molecule has 2 unspecified atom stereocenters. The molecule has 1 aromatic rings. The van der Waals surface area contributed by atoms with Crippen molar-refractivity contribution >= 4 is 5.91 Å². The highest BCUT2D eigenvalue weighted by Gasteiger charge is 2.22. The summed E-state index contributed by atoms with van der Waals surface area (Å²) in [4.78, 5) is 12.2. The Bertz CT molecular complexity index is 422. The van der Waals surface area contributed by atoms with Crippen molar-refractivity contribution in [3.05, 3.63) is 35.9 Å². The molecular formula is C17H28N2O2. The quantitative estimate of drug-likeness (QED) is 0.812. The zero-order chi connectivity index (χ0) is 15.9. The first-order valence-electron chi connectivity index (χ1n) is 7.43. The van der Waals surface area contributed by atoms with Crippen LogP contribution in [0.25, 0.3) is 0 Å². The van der Waals surface area contributed by atoms with E-state index in [2.05, 4.69) is 26.1 Å². The second-order valence-electron chi connectivity index (χ2n) is 6.59. The Labute approximate surface area is 128 Å². The van der Waals surface area contributed by atoms with Crippen molar-refractivity contribution in [3.8, 4) is 0 Å². The van der Waals surface area contributed by atoms with E-state index < -0.39 is 0 Å². The van der Waals surface area contributed by atoms with Crippen LogP contribution >= 0.6 is 0 Å². The Hall–Kier alpha value is -1.39. The van der Waals surface area contributed by atoms with Crippen LogP contribution in [0.4, 0.5) is 0 Å². The van der Waals surface area contributed by atoms with E-state index in [1.807, 2.05) is 30.3 Å². The molecule has 118 valence electrons. The average Bonchev–Trinajstić information content (AvgIpc) is 2.43. The van der Waals surface area contributed by atoms with Crippen LogP contribution in [0.2, 0.25) is 0 Å². The molecule has 0 aliphatic heterocycles. The average molecular weight is 292 g/mol. The number of hydrogen-bond acceptors (Lipinski definition) is 3. The predicted octanol–water partition coefficient (Wildman–Crippen LogP) is 2.64. The number of carbonyl (C=O) groups is 1. The van der Waals surface area contributed by atoms with Gasteiger partial charge < -0.3 is 15.8 Å². The smallest absolute Gasteiger partial charge is 0.223 e. The van der Waals surface area contributed by atoms with Crippen molar-refractivity contribution in [2.24, 2.45) is 11.1 Å². The first-order valence-corrected chi connectivity index (χ1v) is 7.43. The minimum Gasteiger partial charge on any atom is -0.380 e. The van der Waals surface area contributed by atoms with Gasteiger partial charge in [-0.3, -0.25) is 4.79 Å². The number of rotatable bonds is 7. The molecule has 1 amide bonds. The molecule has 0 fully saturated rings. The van der Waals surface area contributed by atoms with E-state index in [1.54, 1.807) is 7.11 Å². The molecule has 4 heteroatoms. The Morgan fingerprint density at radius 2 is 1.90 bits per heavy atom. The third kappa shape index (κ3) is 6.74. The number of nitrogens with two attached hydrogens (primary N) is 1. The second-order valence-corrected chi connectivity index (χ2v) is 6.59. The van der Waals surface area contributed by atoms with E-state index in [4.69, 9.17) is 10.5 Å². The molecule has 0 radical (unpaired) electrons. The molecule has 0 aliphatic carbocycles. The van der Waals surface area contributed by atoms with Gasteiger partial charge in [0.05, 0.1) is 18.6 Å². The van der Waals surface area contributed by atoms with Gasteiger partial charge in [0.1, 0.15) is 0 Å². The van der Waals surface area contributed by atoms with Crippen LogP contribution < -0.4 is 11.1 Å². The predicted molar refractivity (Wildman–Crippen MR) is 85.9 cm³/mol. The number of nitrogens with one attached hydrogen (secondary N) is 1. The van der Waals surface area contributed by atoms with Gasteiger partial charge >= 0.3 is 0 Å². The summed E-state index contributed by atoms with van der Waals surface area (Å²) in [5.74, 6) is -0.0228. The highest BCUT2D eigenvalue weighted by molar-refractivity contribution is 5.77. The molecule has 0 bridgehead atoms. The highest BCUT2D eigenvalue weighted by Crippen LogP contribution is 2.29. The van der Waals surface area contributed by atoms with Gasteiger partial charge in [-0.25, -0.2) is 0 Å². The molecule has 0 saturated heterocycles. The lowest BCUT2D eigenvalue weighted by Crippen LogP contribution is -2.35. The largest absolute Gasteiger partial charge is 0.380 e. The van der Waals surface area contributed by atoms with Crippen LogP contribution in [-0.4, -0.2) is 25.7 Å². The molecule has 0 aliphatic rings. The topological polar surface area (TPSA) is 64.3 Å². The first kappa shape index (κ1) is 17.7. The summed E-state index contributed by atoms with van der Waals surface area (Å²) in [6.45, 7) is 6.87. The molecule has 0 saturated carbocycles. The fourth-order valence-electron chi connectivity index (χ4n) is 2.27. The molecule has 21 heavy (non-hydrogen) atoms. The van der Waals surface area contributed by atoms with Gasteiger partial charge in [0.2, 0.25) is 5.91 Å². The van der Waals surface area contributed by atoms with Gasteiger partial charge in [0.25, 0.3) is 0 Å². The van der Waals surface area contributed by atoms with Gasteiger partial charge in [0.15, 0.2) is 0 Å². The Morgan fingerprint density at radius 3 is 2.38 bits per heavy atom. The van der Waals surface area contributed by atoms with Gasteiger partial charge in [-0.1, -0.05) is 51.1 Å². The zero-order valence-electron chi connectivity index (χ0n) is 13.6. The van der Waals surface area contributed by atoms with Crippen LogP contribution in [0.15, 0.2) is 30.3 Å². The lowest BCUT2D eigenvalue weighted by molar-refractivity contribution is -0.124. The third-order valence-corrected chi connectivity index (χ3v) is 3.36. The number of benzene rings is 1. The van der Waals surface area contributed by atoms with Gasteiger partial charge in [-0.15, -0.1) is 0 Å². The molecule has 1 aromatic carbocycles. The van der Waals surface area contributed by atoms with E-state index in [-0.39, 0.29) is 23.5 Å². The van der Waals surface area contributed by atoms with Crippen LogP contribution in [0.3, 0.4) is 0 Å². The summed E-state index contributed by atoms with van der Waals surface area (Å²) >= 11 is 0. The number of hydrogen-bond donors (Lipinski definition) is 2. The number of amides is 1. The van der Waals surface area contributed by atoms with E-state index >= 15 is 0 Å². The Morgan fingerprint density at radius 1 is 1.29 bits per heavy atom. The fraction of sp³-hybridized carbons (Fsp3) is 0.588. The monoisotopic (exact) mass is 292 g/mol. The highest BCUT2D eigenvalue weighted by atomic mass is 16.5. The normalized spacial score (nSPS) is 14.5. The summed E-state index contributed by atoms with van der Waals surface area (Å²) in [6.07, 6.45) is 0.944. The molecule has 2 atom stereocenters. The molecule has 0 aromatic heterocycles. The zero-order valence-corrected chi connectivity index (χ0v) is 13.6. The minimum absolute atomic E-state index is 0.00832. The van der Waals surface area contributed by atoms with Crippen molar-refractivity contribution in [3.63, 3.8) is 0 Å². The summed E-state index contributed by atoms with van der Waals surface area (Å²) in [6, 6.07) is 10.1. The third-order valence-electron chi connectivity index (χ3n) is 3.36. The maximum absolute atomic E-state index is 12.2. The van der Waals surface area contributed by atoms with Gasteiger partial charge in [0, 0.05) is 13.7 Å². The van der Waals surface area contributed by atoms with Crippen LogP contribution in [0.1, 0.15) is 45.2 Å². The molecule has 4 nitrogen and oxygen atoms in total. The van der Waals surface area contributed by atoms with Crippen molar-refractivity contribution in [2.75, 3.05) is 13.7 Å². The van der Waals surface area contributed by atoms with Gasteiger partial charge in [-0.2, -0.15) is 0 Å². The minimum atomic E-state index is -0.226.